The average molecular weight is 486 g/mol. The zero-order valence-electron chi connectivity index (χ0n) is 18.4. The summed E-state index contributed by atoms with van der Waals surface area (Å²) in [4.78, 5) is 27.9. The molecule has 0 unspecified atom stereocenters. The van der Waals surface area contributed by atoms with Gasteiger partial charge in [0, 0.05) is 36.6 Å². The number of fused-ring (bicyclic) bond motifs is 1. The molecule has 0 spiro atoms. The van der Waals surface area contributed by atoms with Crippen molar-refractivity contribution in [3.05, 3.63) is 46.9 Å². The second-order valence-electron chi connectivity index (χ2n) is 7.93. The van der Waals surface area contributed by atoms with Crippen molar-refractivity contribution in [2.24, 2.45) is 0 Å². The number of aryl methyl sites for hydroxylation is 2. The highest BCUT2D eigenvalue weighted by atomic mass is 32.1. The van der Waals surface area contributed by atoms with Crippen LogP contribution in [0.25, 0.3) is 16.2 Å². The molecule has 1 aliphatic rings. The van der Waals surface area contributed by atoms with E-state index in [1.54, 1.807) is 16.6 Å². The lowest BCUT2D eigenvalue weighted by atomic mass is 10.2. The summed E-state index contributed by atoms with van der Waals surface area (Å²) in [5, 5.41) is 9.21. The molecule has 33 heavy (non-hydrogen) atoms. The van der Waals surface area contributed by atoms with Gasteiger partial charge in [0.25, 0.3) is 0 Å². The summed E-state index contributed by atoms with van der Waals surface area (Å²) < 4.78 is 14.9. The molecule has 4 aromatic rings. The van der Waals surface area contributed by atoms with E-state index < -0.39 is 0 Å². The Morgan fingerprint density at radius 2 is 1.88 bits per heavy atom. The van der Waals surface area contributed by atoms with Crippen molar-refractivity contribution < 1.29 is 9.18 Å². The topological polar surface area (TPSA) is 78.7 Å². The quantitative estimate of drug-likeness (QED) is 0.449. The maximum Gasteiger partial charge on any atom is 0.240 e. The van der Waals surface area contributed by atoms with Crippen LogP contribution in [0.3, 0.4) is 0 Å². The van der Waals surface area contributed by atoms with E-state index in [0.29, 0.717) is 11.7 Å². The number of amides is 1. The molecule has 8 nitrogen and oxygen atoms in total. The Morgan fingerprint density at radius 1 is 1.12 bits per heavy atom. The predicted octanol–water partition coefficient (Wildman–Crippen LogP) is 3.68. The smallest absolute Gasteiger partial charge is 0.240 e. The van der Waals surface area contributed by atoms with Gasteiger partial charge in [-0.1, -0.05) is 18.3 Å². The molecule has 1 fully saturated rings. The number of nitrogens with one attached hydrogen (secondary N) is 1. The predicted molar refractivity (Wildman–Crippen MR) is 130 cm³/mol. The molecular weight excluding hydrogens is 461 g/mol. The standard InChI is InChI=1S/C22H24FN7OS2/c1-3-17-14(2)32-20(24-17)26-19(31)13-28-8-10-29(11-9-28)22-27-30-12-18(25-21(30)33-22)15-4-6-16(23)7-5-15/h4-7,12H,3,8-11,13H2,1-2H3,(H,24,26,31). The van der Waals surface area contributed by atoms with Crippen LogP contribution in [-0.4, -0.2) is 63.1 Å². The van der Waals surface area contributed by atoms with Gasteiger partial charge >= 0.3 is 0 Å². The Labute approximate surface area is 198 Å². The van der Waals surface area contributed by atoms with Gasteiger partial charge in [0.15, 0.2) is 5.13 Å². The normalized spacial score (nSPS) is 14.8. The van der Waals surface area contributed by atoms with Gasteiger partial charge in [-0.3, -0.25) is 9.69 Å². The number of aromatic nitrogens is 4. The van der Waals surface area contributed by atoms with Crippen LogP contribution in [0.4, 0.5) is 14.7 Å². The van der Waals surface area contributed by atoms with Gasteiger partial charge < -0.3 is 10.2 Å². The minimum absolute atomic E-state index is 0.0270. The van der Waals surface area contributed by atoms with Crippen molar-refractivity contribution >= 4 is 43.8 Å². The van der Waals surface area contributed by atoms with E-state index in [4.69, 9.17) is 0 Å². The second kappa shape index (κ2) is 9.16. The largest absolute Gasteiger partial charge is 0.344 e. The summed E-state index contributed by atoms with van der Waals surface area (Å²) in [7, 11) is 0. The molecule has 1 aliphatic heterocycles. The number of benzene rings is 1. The molecule has 11 heteroatoms. The van der Waals surface area contributed by atoms with Gasteiger partial charge in [0.1, 0.15) is 5.82 Å². The maximum atomic E-state index is 13.2. The number of nitrogens with zero attached hydrogens (tertiary/aromatic N) is 6. The van der Waals surface area contributed by atoms with Crippen molar-refractivity contribution in [1.82, 2.24) is 24.5 Å². The first-order chi connectivity index (χ1) is 16.0. The zero-order valence-corrected chi connectivity index (χ0v) is 20.0. The number of rotatable bonds is 6. The second-order valence-corrected chi connectivity index (χ2v) is 10.1. The van der Waals surface area contributed by atoms with E-state index in [-0.39, 0.29) is 11.7 Å². The Bertz CT molecular complexity index is 1240. The summed E-state index contributed by atoms with van der Waals surface area (Å²) in [6.45, 7) is 7.62. The molecule has 4 heterocycles. The number of hydrogen-bond acceptors (Lipinski definition) is 8. The average Bonchev–Trinajstić information content (AvgIpc) is 3.47. The molecule has 1 N–H and O–H groups in total. The lowest BCUT2D eigenvalue weighted by molar-refractivity contribution is -0.117. The number of halogens is 1. The lowest BCUT2D eigenvalue weighted by Gasteiger charge is -2.33. The summed E-state index contributed by atoms with van der Waals surface area (Å²) in [6.07, 6.45) is 2.74. The van der Waals surface area contributed by atoms with Crippen LogP contribution >= 0.6 is 22.7 Å². The number of thiazole rings is 1. The van der Waals surface area contributed by atoms with E-state index in [0.717, 1.165) is 64.5 Å². The molecule has 5 rings (SSSR count). The first-order valence-corrected chi connectivity index (χ1v) is 12.5. The van der Waals surface area contributed by atoms with Crippen LogP contribution in [0.5, 0.6) is 0 Å². The van der Waals surface area contributed by atoms with Crippen molar-refractivity contribution in [3.63, 3.8) is 0 Å². The number of anilines is 2. The van der Waals surface area contributed by atoms with Crippen LogP contribution in [0.1, 0.15) is 17.5 Å². The Kier molecular flexibility index (Phi) is 6.09. The molecule has 172 valence electrons. The molecule has 1 amide bonds. The fourth-order valence-corrected chi connectivity index (χ4v) is 5.70. The Balaban J connectivity index is 1.16. The van der Waals surface area contributed by atoms with Gasteiger partial charge in [-0.05, 0) is 37.6 Å². The number of carbonyl (C=O) groups excluding carboxylic acids is 1. The molecule has 1 aromatic carbocycles. The highest BCUT2D eigenvalue weighted by Gasteiger charge is 2.23. The summed E-state index contributed by atoms with van der Waals surface area (Å²) in [6, 6.07) is 6.30. The van der Waals surface area contributed by atoms with E-state index in [2.05, 4.69) is 37.1 Å². The maximum absolute atomic E-state index is 13.2. The third kappa shape index (κ3) is 4.75. The molecule has 1 saturated heterocycles. The number of hydrogen-bond donors (Lipinski definition) is 1. The first kappa shape index (κ1) is 21.9. The molecule has 0 bridgehead atoms. The van der Waals surface area contributed by atoms with E-state index in [1.807, 2.05) is 13.1 Å². The number of carbonyl (C=O) groups is 1. The minimum atomic E-state index is -0.263. The fourth-order valence-electron chi connectivity index (χ4n) is 3.85. The molecule has 0 aliphatic carbocycles. The molecule has 3 aromatic heterocycles. The van der Waals surface area contributed by atoms with Gasteiger partial charge in [-0.2, -0.15) is 0 Å². The molecular formula is C22H24FN7OS2. The van der Waals surface area contributed by atoms with E-state index in [9.17, 15) is 9.18 Å². The highest BCUT2D eigenvalue weighted by molar-refractivity contribution is 7.20. The van der Waals surface area contributed by atoms with Crippen LogP contribution in [0, 0.1) is 12.7 Å². The summed E-state index contributed by atoms with van der Waals surface area (Å²) in [5.74, 6) is -0.290. The van der Waals surface area contributed by atoms with Crippen LogP contribution in [0.2, 0.25) is 0 Å². The van der Waals surface area contributed by atoms with Crippen LogP contribution in [-0.2, 0) is 11.2 Å². The number of piperazine rings is 1. The van der Waals surface area contributed by atoms with Gasteiger partial charge in [-0.25, -0.2) is 18.9 Å². The van der Waals surface area contributed by atoms with Gasteiger partial charge in [-0.15, -0.1) is 16.4 Å². The summed E-state index contributed by atoms with van der Waals surface area (Å²) >= 11 is 3.06. The SMILES string of the molecule is CCc1nc(NC(=O)CN2CCN(c3nn4cc(-c5ccc(F)cc5)nc4s3)CC2)sc1C. The van der Waals surface area contributed by atoms with E-state index in [1.165, 1.54) is 34.8 Å². The van der Waals surface area contributed by atoms with Crippen LogP contribution < -0.4 is 10.2 Å². The zero-order chi connectivity index (χ0) is 22.9. The highest BCUT2D eigenvalue weighted by Crippen LogP contribution is 2.27. The lowest BCUT2D eigenvalue weighted by Crippen LogP contribution is -2.48. The van der Waals surface area contributed by atoms with Gasteiger partial charge in [0.2, 0.25) is 16.0 Å². The van der Waals surface area contributed by atoms with Gasteiger partial charge in [0.05, 0.1) is 24.1 Å². The minimum Gasteiger partial charge on any atom is -0.344 e. The van der Waals surface area contributed by atoms with Crippen molar-refractivity contribution in [3.8, 4) is 11.3 Å². The first-order valence-electron chi connectivity index (χ1n) is 10.8. The number of imidazole rings is 1. The molecule has 0 atom stereocenters. The van der Waals surface area contributed by atoms with Crippen molar-refractivity contribution in [2.75, 3.05) is 42.9 Å². The van der Waals surface area contributed by atoms with Crippen molar-refractivity contribution in [2.45, 2.75) is 20.3 Å². The van der Waals surface area contributed by atoms with Crippen LogP contribution in [0.15, 0.2) is 30.5 Å². The fraction of sp³-hybridized carbons (Fsp3) is 0.364. The Morgan fingerprint density at radius 3 is 2.55 bits per heavy atom. The Hall–Kier alpha value is -2.89. The van der Waals surface area contributed by atoms with E-state index >= 15 is 0 Å². The van der Waals surface area contributed by atoms with Crippen molar-refractivity contribution in [1.29, 1.82) is 0 Å². The molecule has 0 saturated carbocycles. The monoisotopic (exact) mass is 485 g/mol. The third-order valence-corrected chi connectivity index (χ3v) is 7.57. The molecule has 0 radical (unpaired) electrons. The third-order valence-electron chi connectivity index (χ3n) is 5.66. The summed E-state index contributed by atoms with van der Waals surface area (Å²) in [5.41, 5.74) is 2.68.